The minimum Gasteiger partial charge on any atom is -0.465 e. The SMILES string of the molecule is CC(C)(C)N(Cc1cccc(Oc2ccccc2NCc2ccc(-c3ccccc3)cc2)c1)C(=O)O. The Bertz CT molecular complexity index is 1300. The zero-order valence-corrected chi connectivity index (χ0v) is 20.9. The Kier molecular flexibility index (Phi) is 7.59. The van der Waals surface area contributed by atoms with Crippen LogP contribution in [-0.4, -0.2) is 21.6 Å². The lowest BCUT2D eigenvalue weighted by Crippen LogP contribution is -2.44. The van der Waals surface area contributed by atoms with Crippen molar-refractivity contribution in [2.45, 2.75) is 39.4 Å². The molecule has 0 unspecified atom stereocenters. The lowest BCUT2D eigenvalue weighted by atomic mass is 10.0. The predicted molar refractivity (Wildman–Crippen MR) is 145 cm³/mol. The number of carbonyl (C=O) groups is 1. The molecule has 2 N–H and O–H groups in total. The number of ether oxygens (including phenoxy) is 1. The van der Waals surface area contributed by atoms with E-state index in [1.54, 1.807) is 0 Å². The minimum atomic E-state index is -0.944. The third kappa shape index (κ3) is 6.45. The van der Waals surface area contributed by atoms with Gasteiger partial charge in [0.05, 0.1) is 5.69 Å². The van der Waals surface area contributed by atoms with Gasteiger partial charge in [0, 0.05) is 18.6 Å². The van der Waals surface area contributed by atoms with Gasteiger partial charge >= 0.3 is 6.09 Å². The summed E-state index contributed by atoms with van der Waals surface area (Å²) in [5.41, 5.74) is 4.81. The van der Waals surface area contributed by atoms with Crippen LogP contribution < -0.4 is 10.1 Å². The lowest BCUT2D eigenvalue weighted by Gasteiger charge is -2.33. The third-order valence-electron chi connectivity index (χ3n) is 5.94. The van der Waals surface area contributed by atoms with Crippen LogP contribution in [0.5, 0.6) is 11.5 Å². The highest BCUT2D eigenvalue weighted by Gasteiger charge is 2.26. The van der Waals surface area contributed by atoms with Gasteiger partial charge in [0.1, 0.15) is 5.75 Å². The van der Waals surface area contributed by atoms with Crippen LogP contribution in [0.1, 0.15) is 31.9 Å². The molecule has 4 rings (SSSR count). The lowest BCUT2D eigenvalue weighted by molar-refractivity contribution is 0.0955. The van der Waals surface area contributed by atoms with Crippen molar-refractivity contribution in [1.82, 2.24) is 4.90 Å². The summed E-state index contributed by atoms with van der Waals surface area (Å²) in [5.74, 6) is 1.37. The van der Waals surface area contributed by atoms with Crippen LogP contribution in [0.2, 0.25) is 0 Å². The molecule has 0 atom stereocenters. The minimum absolute atomic E-state index is 0.287. The number of anilines is 1. The average Bonchev–Trinajstić information content (AvgIpc) is 2.87. The molecule has 0 fully saturated rings. The van der Waals surface area contributed by atoms with Crippen LogP contribution in [0.25, 0.3) is 11.1 Å². The number of hydrogen-bond donors (Lipinski definition) is 2. The Hall–Kier alpha value is -4.25. The van der Waals surface area contributed by atoms with Crippen molar-refractivity contribution in [3.8, 4) is 22.6 Å². The Morgan fingerprint density at radius 1 is 0.806 bits per heavy atom. The summed E-state index contributed by atoms with van der Waals surface area (Å²) in [4.78, 5) is 13.2. The van der Waals surface area contributed by atoms with E-state index in [1.165, 1.54) is 21.6 Å². The smallest absolute Gasteiger partial charge is 0.408 e. The molecule has 0 aromatic heterocycles. The van der Waals surface area contributed by atoms with E-state index in [4.69, 9.17) is 4.74 Å². The molecule has 1 amide bonds. The Balaban J connectivity index is 1.44. The summed E-state index contributed by atoms with van der Waals surface area (Å²) in [7, 11) is 0. The Morgan fingerprint density at radius 3 is 2.17 bits per heavy atom. The van der Waals surface area contributed by atoms with Gasteiger partial charge < -0.3 is 15.2 Å². The monoisotopic (exact) mass is 480 g/mol. The first kappa shape index (κ1) is 24.9. The van der Waals surface area contributed by atoms with Crippen molar-refractivity contribution in [3.63, 3.8) is 0 Å². The fourth-order valence-electron chi connectivity index (χ4n) is 3.95. The highest BCUT2D eigenvalue weighted by atomic mass is 16.5. The maximum absolute atomic E-state index is 11.7. The topological polar surface area (TPSA) is 61.8 Å². The predicted octanol–water partition coefficient (Wildman–Crippen LogP) is 8.04. The number of benzene rings is 4. The van der Waals surface area contributed by atoms with Crippen molar-refractivity contribution in [3.05, 3.63) is 114 Å². The van der Waals surface area contributed by atoms with Gasteiger partial charge in [-0.3, -0.25) is 4.90 Å². The number of amides is 1. The molecule has 4 aromatic carbocycles. The largest absolute Gasteiger partial charge is 0.465 e. The molecule has 0 aliphatic carbocycles. The number of carboxylic acid groups (broad SMARTS) is 1. The maximum atomic E-state index is 11.7. The molecular weight excluding hydrogens is 448 g/mol. The van der Waals surface area contributed by atoms with E-state index >= 15 is 0 Å². The summed E-state index contributed by atoms with van der Waals surface area (Å²) in [6, 6.07) is 34.3. The van der Waals surface area contributed by atoms with E-state index in [1.807, 2.05) is 87.5 Å². The van der Waals surface area contributed by atoms with Crippen molar-refractivity contribution in [2.24, 2.45) is 0 Å². The van der Waals surface area contributed by atoms with E-state index in [0.29, 0.717) is 18.0 Å². The standard InChI is InChI=1S/C31H32N2O3/c1-31(2,3)33(30(34)35)22-24-10-9-13-27(20-24)36-29-15-8-7-14-28(29)32-21-23-16-18-26(19-17-23)25-11-5-4-6-12-25/h4-20,32H,21-22H2,1-3H3,(H,34,35). The zero-order chi connectivity index (χ0) is 25.5. The molecule has 5 nitrogen and oxygen atoms in total. The number of hydrogen-bond acceptors (Lipinski definition) is 3. The van der Waals surface area contributed by atoms with E-state index in [-0.39, 0.29) is 6.54 Å². The second kappa shape index (κ2) is 11.0. The first-order chi connectivity index (χ1) is 17.3. The first-order valence-corrected chi connectivity index (χ1v) is 12.0. The van der Waals surface area contributed by atoms with Crippen molar-refractivity contribution in [1.29, 1.82) is 0 Å². The van der Waals surface area contributed by atoms with Crippen LogP contribution >= 0.6 is 0 Å². The molecule has 5 heteroatoms. The van der Waals surface area contributed by atoms with Gasteiger partial charge in [-0.15, -0.1) is 0 Å². The van der Waals surface area contributed by atoms with E-state index in [0.717, 1.165) is 11.3 Å². The van der Waals surface area contributed by atoms with Crippen LogP contribution in [-0.2, 0) is 13.1 Å². The molecule has 4 aromatic rings. The number of nitrogens with zero attached hydrogens (tertiary/aromatic N) is 1. The number of nitrogens with one attached hydrogen (secondary N) is 1. The molecular formula is C31H32N2O3. The summed E-state index contributed by atoms with van der Waals surface area (Å²) in [6.07, 6.45) is -0.944. The van der Waals surface area contributed by atoms with Gasteiger partial charge in [0.25, 0.3) is 0 Å². The number of para-hydroxylation sites is 2. The van der Waals surface area contributed by atoms with Gasteiger partial charge in [0.15, 0.2) is 5.75 Å². The molecule has 0 bridgehead atoms. The molecule has 184 valence electrons. The van der Waals surface area contributed by atoms with Gasteiger partial charge in [-0.05, 0) is 67.3 Å². The van der Waals surface area contributed by atoms with Gasteiger partial charge in [-0.25, -0.2) is 4.79 Å². The highest BCUT2D eigenvalue weighted by molar-refractivity contribution is 5.66. The van der Waals surface area contributed by atoms with Crippen molar-refractivity contribution in [2.75, 3.05) is 5.32 Å². The molecule has 0 radical (unpaired) electrons. The molecule has 0 heterocycles. The Morgan fingerprint density at radius 2 is 1.47 bits per heavy atom. The summed E-state index contributed by atoms with van der Waals surface area (Å²) in [5, 5.41) is 13.1. The second-order valence-corrected chi connectivity index (χ2v) is 9.70. The molecule has 0 saturated heterocycles. The number of rotatable bonds is 8. The summed E-state index contributed by atoms with van der Waals surface area (Å²) in [6.45, 7) is 6.61. The normalized spacial score (nSPS) is 11.1. The quantitative estimate of drug-likeness (QED) is 0.268. The molecule has 0 aliphatic heterocycles. The van der Waals surface area contributed by atoms with Crippen LogP contribution in [0.4, 0.5) is 10.5 Å². The first-order valence-electron chi connectivity index (χ1n) is 12.0. The fraction of sp³-hybridized carbons (Fsp3) is 0.194. The third-order valence-corrected chi connectivity index (χ3v) is 5.94. The molecule has 0 spiro atoms. The fourth-order valence-corrected chi connectivity index (χ4v) is 3.95. The molecule has 36 heavy (non-hydrogen) atoms. The summed E-state index contributed by atoms with van der Waals surface area (Å²) >= 11 is 0. The van der Waals surface area contributed by atoms with E-state index < -0.39 is 11.6 Å². The highest BCUT2D eigenvalue weighted by Crippen LogP contribution is 2.31. The maximum Gasteiger partial charge on any atom is 0.408 e. The van der Waals surface area contributed by atoms with Crippen LogP contribution in [0, 0.1) is 0 Å². The van der Waals surface area contributed by atoms with Gasteiger partial charge in [-0.1, -0.05) is 78.9 Å². The average molecular weight is 481 g/mol. The van der Waals surface area contributed by atoms with Gasteiger partial charge in [0.2, 0.25) is 0 Å². The van der Waals surface area contributed by atoms with Gasteiger partial charge in [-0.2, -0.15) is 0 Å². The zero-order valence-electron chi connectivity index (χ0n) is 20.9. The van der Waals surface area contributed by atoms with Crippen LogP contribution in [0.15, 0.2) is 103 Å². The van der Waals surface area contributed by atoms with Crippen molar-refractivity contribution < 1.29 is 14.6 Å². The molecule has 0 saturated carbocycles. The van der Waals surface area contributed by atoms with Crippen molar-refractivity contribution >= 4 is 11.8 Å². The van der Waals surface area contributed by atoms with E-state index in [2.05, 4.69) is 41.7 Å². The second-order valence-electron chi connectivity index (χ2n) is 9.70. The molecule has 0 aliphatic rings. The van der Waals surface area contributed by atoms with Crippen LogP contribution in [0.3, 0.4) is 0 Å². The Labute approximate surface area is 213 Å². The summed E-state index contributed by atoms with van der Waals surface area (Å²) < 4.78 is 6.21. The van der Waals surface area contributed by atoms with E-state index in [9.17, 15) is 9.90 Å².